The van der Waals surface area contributed by atoms with Gasteiger partial charge in [-0.25, -0.2) is 18.2 Å². The van der Waals surface area contributed by atoms with E-state index in [4.69, 9.17) is 9.52 Å². The fourth-order valence-electron chi connectivity index (χ4n) is 1.57. The van der Waals surface area contributed by atoms with Crippen LogP contribution in [0.15, 0.2) is 10.6 Å². The number of nitrogens with zero attached hydrogens (tertiary/aromatic N) is 1. The highest BCUT2D eigenvalue weighted by molar-refractivity contribution is 7.91. The zero-order valence-electron chi connectivity index (χ0n) is 7.71. The van der Waals surface area contributed by atoms with Gasteiger partial charge in [0, 0.05) is 0 Å². The molecule has 1 fully saturated rings. The molecular weight excluding hydrogens is 222 g/mol. The van der Waals surface area contributed by atoms with Gasteiger partial charge in [0.2, 0.25) is 5.76 Å². The smallest absolute Gasteiger partial charge is 0.373 e. The van der Waals surface area contributed by atoms with Gasteiger partial charge < -0.3 is 9.52 Å². The minimum atomic E-state index is -3.00. The lowest BCUT2D eigenvalue weighted by atomic mass is 10.1. The van der Waals surface area contributed by atoms with Crippen LogP contribution in [0.4, 0.5) is 0 Å². The highest BCUT2D eigenvalue weighted by Gasteiger charge is 2.32. The van der Waals surface area contributed by atoms with E-state index in [0.29, 0.717) is 6.42 Å². The number of carboxylic acids is 1. The fourth-order valence-corrected chi connectivity index (χ4v) is 3.30. The Kier molecular flexibility index (Phi) is 2.26. The molecule has 0 bridgehead atoms. The highest BCUT2D eigenvalue weighted by atomic mass is 32.2. The van der Waals surface area contributed by atoms with Gasteiger partial charge in [-0.1, -0.05) is 0 Å². The van der Waals surface area contributed by atoms with E-state index in [1.165, 1.54) is 0 Å². The van der Waals surface area contributed by atoms with Crippen molar-refractivity contribution in [2.45, 2.75) is 12.3 Å². The van der Waals surface area contributed by atoms with E-state index in [0.717, 1.165) is 6.20 Å². The Morgan fingerprint density at radius 2 is 2.33 bits per heavy atom. The van der Waals surface area contributed by atoms with Crippen LogP contribution in [0.5, 0.6) is 0 Å². The van der Waals surface area contributed by atoms with Gasteiger partial charge in [-0.05, 0) is 6.42 Å². The maximum Gasteiger partial charge on any atom is 0.373 e. The topological polar surface area (TPSA) is 97.5 Å². The molecule has 2 rings (SSSR count). The molecule has 0 aromatic carbocycles. The van der Waals surface area contributed by atoms with Gasteiger partial charge in [0.15, 0.2) is 15.7 Å². The molecule has 2 heterocycles. The summed E-state index contributed by atoms with van der Waals surface area (Å²) in [5.74, 6) is -1.45. The van der Waals surface area contributed by atoms with Crippen LogP contribution in [0, 0.1) is 0 Å². The first-order valence-electron chi connectivity index (χ1n) is 4.37. The number of rotatable bonds is 2. The first-order valence-corrected chi connectivity index (χ1v) is 6.19. The van der Waals surface area contributed by atoms with Crippen LogP contribution >= 0.6 is 0 Å². The number of aromatic carboxylic acids is 1. The van der Waals surface area contributed by atoms with Crippen molar-refractivity contribution in [1.29, 1.82) is 0 Å². The van der Waals surface area contributed by atoms with Crippen molar-refractivity contribution in [3.63, 3.8) is 0 Å². The first kappa shape index (κ1) is 10.2. The van der Waals surface area contributed by atoms with Gasteiger partial charge in [0.25, 0.3) is 0 Å². The Morgan fingerprint density at radius 3 is 2.80 bits per heavy atom. The van der Waals surface area contributed by atoms with Crippen molar-refractivity contribution in [3.8, 4) is 0 Å². The summed E-state index contributed by atoms with van der Waals surface area (Å²) in [6.07, 6.45) is 1.55. The molecule has 1 aliphatic heterocycles. The molecule has 1 N–H and O–H groups in total. The van der Waals surface area contributed by atoms with Crippen molar-refractivity contribution >= 4 is 15.8 Å². The molecule has 0 aliphatic carbocycles. The lowest BCUT2D eigenvalue weighted by Gasteiger charge is -1.99. The Labute approximate surface area is 85.8 Å². The number of oxazole rings is 1. The second kappa shape index (κ2) is 3.34. The summed E-state index contributed by atoms with van der Waals surface area (Å²) in [5.41, 5.74) is 0. The minimum absolute atomic E-state index is 0.00737. The first-order chi connectivity index (χ1) is 6.98. The third kappa shape index (κ3) is 2.01. The average molecular weight is 231 g/mol. The van der Waals surface area contributed by atoms with Crippen LogP contribution in [0.2, 0.25) is 0 Å². The van der Waals surface area contributed by atoms with Gasteiger partial charge in [-0.2, -0.15) is 0 Å². The molecule has 1 aliphatic rings. The highest BCUT2D eigenvalue weighted by Crippen LogP contribution is 2.28. The summed E-state index contributed by atoms with van der Waals surface area (Å²) in [7, 11) is -3.00. The van der Waals surface area contributed by atoms with Gasteiger partial charge in [0.05, 0.1) is 23.6 Å². The molecule has 82 valence electrons. The number of aromatic nitrogens is 1. The Hall–Kier alpha value is -1.37. The van der Waals surface area contributed by atoms with E-state index in [9.17, 15) is 13.2 Å². The molecule has 1 atom stereocenters. The van der Waals surface area contributed by atoms with Crippen LogP contribution < -0.4 is 0 Å². The number of hydrogen-bond acceptors (Lipinski definition) is 5. The molecule has 1 aromatic rings. The van der Waals surface area contributed by atoms with E-state index in [1.54, 1.807) is 0 Å². The van der Waals surface area contributed by atoms with Gasteiger partial charge in [-0.3, -0.25) is 0 Å². The van der Waals surface area contributed by atoms with E-state index in [1.807, 2.05) is 0 Å². The molecule has 0 amide bonds. The van der Waals surface area contributed by atoms with Crippen molar-refractivity contribution in [2.75, 3.05) is 11.5 Å². The zero-order valence-corrected chi connectivity index (χ0v) is 8.53. The summed E-state index contributed by atoms with van der Waals surface area (Å²) < 4.78 is 27.3. The molecule has 15 heavy (non-hydrogen) atoms. The maximum absolute atomic E-state index is 11.2. The Morgan fingerprint density at radius 1 is 1.60 bits per heavy atom. The molecule has 1 unspecified atom stereocenters. The second-order valence-electron chi connectivity index (χ2n) is 3.47. The summed E-state index contributed by atoms with van der Waals surface area (Å²) in [4.78, 5) is 14.3. The lowest BCUT2D eigenvalue weighted by molar-refractivity contribution is 0.0660. The predicted molar refractivity (Wildman–Crippen MR) is 49.5 cm³/mol. The minimum Gasteiger partial charge on any atom is -0.475 e. The summed E-state index contributed by atoms with van der Waals surface area (Å²) in [6.45, 7) is 0. The zero-order chi connectivity index (χ0) is 11.1. The quantitative estimate of drug-likeness (QED) is 0.784. The molecule has 0 spiro atoms. The number of carboxylic acid groups (broad SMARTS) is 1. The molecule has 0 radical (unpaired) electrons. The van der Waals surface area contributed by atoms with E-state index >= 15 is 0 Å². The van der Waals surface area contributed by atoms with Crippen molar-refractivity contribution in [3.05, 3.63) is 17.8 Å². The maximum atomic E-state index is 11.2. The largest absolute Gasteiger partial charge is 0.475 e. The summed E-state index contributed by atoms with van der Waals surface area (Å²) >= 11 is 0. The van der Waals surface area contributed by atoms with Gasteiger partial charge >= 0.3 is 5.97 Å². The van der Waals surface area contributed by atoms with E-state index in [-0.39, 0.29) is 29.1 Å². The second-order valence-corrected chi connectivity index (χ2v) is 5.70. The standard InChI is InChI=1S/C8H9NO5S/c10-8(11)6-3-9-7(14-6)5-1-2-15(12,13)4-5/h3,5H,1-2,4H2,(H,10,11). The summed E-state index contributed by atoms with van der Waals surface area (Å²) in [6, 6.07) is 0. The Bertz CT molecular complexity index is 489. The third-order valence-electron chi connectivity index (χ3n) is 2.32. The number of sulfone groups is 1. The van der Waals surface area contributed by atoms with Crippen LogP contribution in [-0.2, 0) is 9.84 Å². The van der Waals surface area contributed by atoms with Crippen molar-refractivity contribution in [2.24, 2.45) is 0 Å². The number of carbonyl (C=O) groups is 1. The Balaban J connectivity index is 2.21. The average Bonchev–Trinajstić information content (AvgIpc) is 2.70. The van der Waals surface area contributed by atoms with Crippen molar-refractivity contribution < 1.29 is 22.7 Å². The van der Waals surface area contributed by atoms with Gasteiger partial charge in [-0.15, -0.1) is 0 Å². The molecule has 7 heteroatoms. The third-order valence-corrected chi connectivity index (χ3v) is 4.08. The summed E-state index contributed by atoms with van der Waals surface area (Å²) in [5, 5.41) is 8.59. The van der Waals surface area contributed by atoms with Crippen LogP contribution in [0.3, 0.4) is 0 Å². The van der Waals surface area contributed by atoms with Crippen molar-refractivity contribution in [1.82, 2.24) is 4.98 Å². The molecule has 1 saturated heterocycles. The molecule has 6 nitrogen and oxygen atoms in total. The molecule has 0 saturated carbocycles. The molecular formula is C8H9NO5S. The van der Waals surface area contributed by atoms with Crippen LogP contribution in [-0.4, -0.2) is 36.0 Å². The number of hydrogen-bond donors (Lipinski definition) is 1. The monoisotopic (exact) mass is 231 g/mol. The van der Waals surface area contributed by atoms with E-state index < -0.39 is 15.8 Å². The fraction of sp³-hybridized carbons (Fsp3) is 0.500. The SMILES string of the molecule is O=C(O)c1cnc(C2CCS(=O)(=O)C2)o1. The van der Waals surface area contributed by atoms with Crippen LogP contribution in [0.1, 0.15) is 28.8 Å². The van der Waals surface area contributed by atoms with Crippen LogP contribution in [0.25, 0.3) is 0 Å². The molecule has 1 aromatic heterocycles. The van der Waals surface area contributed by atoms with Gasteiger partial charge in [0.1, 0.15) is 0 Å². The normalized spacial score (nSPS) is 24.1. The predicted octanol–water partition coefficient (Wildman–Crippen LogP) is 0.275. The lowest BCUT2D eigenvalue weighted by Crippen LogP contribution is -2.03. The van der Waals surface area contributed by atoms with E-state index in [2.05, 4.69) is 4.98 Å².